The summed E-state index contributed by atoms with van der Waals surface area (Å²) in [7, 11) is 0. The number of aromatic nitrogens is 7. The second kappa shape index (κ2) is 4.51. The lowest BCUT2D eigenvalue weighted by atomic mass is 9.89. The minimum Gasteiger partial charge on any atom is -0.366 e. The Morgan fingerprint density at radius 3 is 2.80 bits per heavy atom. The lowest BCUT2D eigenvalue weighted by Gasteiger charge is -2.18. The van der Waals surface area contributed by atoms with E-state index in [4.69, 9.17) is 5.73 Å². The number of nitrogens with zero attached hydrogens (tertiary/aromatic N) is 6. The minimum absolute atomic E-state index is 0.221. The summed E-state index contributed by atoms with van der Waals surface area (Å²) >= 11 is 1.44. The number of H-pyrrole nitrogens is 1. The Morgan fingerprint density at radius 2 is 2.05 bits per heavy atom. The first-order chi connectivity index (χ1) is 9.81. The zero-order valence-electron chi connectivity index (χ0n) is 10.8. The molecule has 0 saturated heterocycles. The highest BCUT2D eigenvalue weighted by atomic mass is 32.1. The highest BCUT2D eigenvalue weighted by Gasteiger charge is 2.23. The fourth-order valence-corrected chi connectivity index (χ4v) is 3.50. The van der Waals surface area contributed by atoms with Gasteiger partial charge in [-0.05, 0) is 12.8 Å². The average molecular weight is 290 g/mol. The van der Waals surface area contributed by atoms with Gasteiger partial charge in [-0.25, -0.2) is 0 Å². The van der Waals surface area contributed by atoms with Gasteiger partial charge in [-0.2, -0.15) is 9.50 Å². The molecule has 0 aliphatic heterocycles. The van der Waals surface area contributed by atoms with Crippen LogP contribution in [0.1, 0.15) is 43.8 Å². The van der Waals surface area contributed by atoms with Crippen LogP contribution in [-0.4, -0.2) is 35.0 Å². The largest absolute Gasteiger partial charge is 0.366 e. The van der Waals surface area contributed by atoms with Gasteiger partial charge in [0, 0.05) is 5.92 Å². The molecule has 8 nitrogen and oxygen atoms in total. The van der Waals surface area contributed by atoms with Crippen LogP contribution in [0.3, 0.4) is 0 Å². The molecule has 4 rings (SSSR count). The van der Waals surface area contributed by atoms with E-state index in [1.165, 1.54) is 43.4 Å². The normalized spacial score (nSPS) is 17.0. The molecule has 9 heteroatoms. The maximum Gasteiger partial charge on any atom is 0.239 e. The predicted molar refractivity (Wildman–Crippen MR) is 74.3 cm³/mol. The molecular formula is C11H14N8S. The Hall–Kier alpha value is -2.03. The Bertz CT molecular complexity index is 735. The van der Waals surface area contributed by atoms with Crippen molar-refractivity contribution in [2.24, 2.45) is 0 Å². The topological polar surface area (TPSA) is 111 Å². The molecule has 1 fully saturated rings. The maximum absolute atomic E-state index is 5.52. The quantitative estimate of drug-likeness (QED) is 0.741. The van der Waals surface area contributed by atoms with Crippen molar-refractivity contribution in [1.29, 1.82) is 0 Å². The Morgan fingerprint density at radius 1 is 1.20 bits per heavy atom. The van der Waals surface area contributed by atoms with Gasteiger partial charge in [0.05, 0.1) is 0 Å². The van der Waals surface area contributed by atoms with Crippen LogP contribution in [0, 0.1) is 0 Å². The molecule has 0 spiro atoms. The Balaban J connectivity index is 1.74. The minimum atomic E-state index is 0.221. The van der Waals surface area contributed by atoms with Gasteiger partial charge in [0.2, 0.25) is 10.9 Å². The van der Waals surface area contributed by atoms with Crippen LogP contribution in [0.5, 0.6) is 0 Å². The van der Waals surface area contributed by atoms with Crippen LogP contribution < -0.4 is 5.73 Å². The molecule has 3 aromatic rings. The highest BCUT2D eigenvalue weighted by molar-refractivity contribution is 7.19. The smallest absolute Gasteiger partial charge is 0.239 e. The zero-order chi connectivity index (χ0) is 13.5. The molecule has 3 heterocycles. The summed E-state index contributed by atoms with van der Waals surface area (Å²) in [5.41, 5.74) is 5.52. The van der Waals surface area contributed by atoms with Crippen LogP contribution in [0.25, 0.3) is 15.8 Å². The van der Waals surface area contributed by atoms with Gasteiger partial charge in [0.1, 0.15) is 0 Å². The first kappa shape index (κ1) is 11.8. The van der Waals surface area contributed by atoms with E-state index >= 15 is 0 Å². The van der Waals surface area contributed by atoms with Crippen molar-refractivity contribution in [3.05, 3.63) is 5.82 Å². The second-order valence-electron chi connectivity index (χ2n) is 5.04. The summed E-state index contributed by atoms with van der Waals surface area (Å²) in [4.78, 5) is 4.88. The Kier molecular flexibility index (Phi) is 2.66. The van der Waals surface area contributed by atoms with Gasteiger partial charge in [-0.1, -0.05) is 30.6 Å². The van der Waals surface area contributed by atoms with Crippen molar-refractivity contribution in [3.8, 4) is 10.8 Å². The molecule has 1 aliphatic rings. The molecule has 0 radical (unpaired) electrons. The van der Waals surface area contributed by atoms with E-state index < -0.39 is 0 Å². The zero-order valence-corrected chi connectivity index (χ0v) is 11.6. The summed E-state index contributed by atoms with van der Waals surface area (Å²) in [5.74, 6) is 2.23. The number of hydrogen-bond donors (Lipinski definition) is 2. The van der Waals surface area contributed by atoms with E-state index in [9.17, 15) is 0 Å². The summed E-state index contributed by atoms with van der Waals surface area (Å²) in [5, 5.41) is 20.4. The predicted octanol–water partition coefficient (Wildman–Crippen LogP) is 1.60. The van der Waals surface area contributed by atoms with Gasteiger partial charge < -0.3 is 5.73 Å². The molecule has 0 atom stereocenters. The molecular weight excluding hydrogens is 276 g/mol. The van der Waals surface area contributed by atoms with E-state index in [1.54, 1.807) is 0 Å². The van der Waals surface area contributed by atoms with Crippen molar-refractivity contribution in [3.63, 3.8) is 0 Å². The number of aromatic amines is 1. The highest BCUT2D eigenvalue weighted by Crippen LogP contribution is 2.33. The van der Waals surface area contributed by atoms with E-state index in [0.717, 1.165) is 15.8 Å². The molecule has 20 heavy (non-hydrogen) atoms. The number of nitrogen functional groups attached to an aromatic ring is 1. The SMILES string of the molecule is Nc1n[nH]c(-c2nn3c(C4CCCCC4)nnc3s2)n1. The molecule has 0 bridgehead atoms. The number of hydrogen-bond acceptors (Lipinski definition) is 7. The van der Waals surface area contributed by atoms with Crippen LogP contribution in [-0.2, 0) is 0 Å². The third-order valence-electron chi connectivity index (χ3n) is 3.69. The summed E-state index contributed by atoms with van der Waals surface area (Å²) in [6.45, 7) is 0. The van der Waals surface area contributed by atoms with Crippen molar-refractivity contribution in [2.75, 3.05) is 5.73 Å². The molecule has 3 N–H and O–H groups in total. The van der Waals surface area contributed by atoms with Crippen LogP contribution >= 0.6 is 11.3 Å². The molecule has 0 amide bonds. The molecule has 3 aromatic heterocycles. The van der Waals surface area contributed by atoms with Crippen LogP contribution in [0.4, 0.5) is 5.95 Å². The Labute approximate surface area is 118 Å². The molecule has 104 valence electrons. The van der Waals surface area contributed by atoms with Crippen molar-refractivity contribution >= 4 is 22.2 Å². The number of nitrogens with one attached hydrogen (secondary N) is 1. The first-order valence-electron chi connectivity index (χ1n) is 6.71. The fraction of sp³-hybridized carbons (Fsp3) is 0.545. The van der Waals surface area contributed by atoms with Crippen LogP contribution in [0.15, 0.2) is 0 Å². The maximum atomic E-state index is 5.52. The number of fused-ring (bicyclic) bond motifs is 1. The monoisotopic (exact) mass is 290 g/mol. The van der Waals surface area contributed by atoms with E-state index in [1.807, 2.05) is 4.52 Å². The van der Waals surface area contributed by atoms with Crippen molar-refractivity contribution in [2.45, 2.75) is 38.0 Å². The second-order valence-corrected chi connectivity index (χ2v) is 5.99. The number of nitrogens with two attached hydrogens (primary N) is 1. The summed E-state index contributed by atoms with van der Waals surface area (Å²) in [6, 6.07) is 0. The fourth-order valence-electron chi connectivity index (χ4n) is 2.71. The number of rotatable bonds is 2. The lowest BCUT2D eigenvalue weighted by molar-refractivity contribution is 0.423. The van der Waals surface area contributed by atoms with Gasteiger partial charge in [0.15, 0.2) is 16.7 Å². The van der Waals surface area contributed by atoms with Gasteiger partial charge in [-0.15, -0.1) is 20.4 Å². The number of anilines is 1. The lowest BCUT2D eigenvalue weighted by Crippen LogP contribution is -2.09. The van der Waals surface area contributed by atoms with Crippen LogP contribution in [0.2, 0.25) is 0 Å². The molecule has 0 unspecified atom stereocenters. The van der Waals surface area contributed by atoms with E-state index in [2.05, 4.69) is 30.5 Å². The third-order valence-corrected chi connectivity index (χ3v) is 4.60. The first-order valence-corrected chi connectivity index (χ1v) is 7.53. The average Bonchev–Trinajstić information content (AvgIpc) is 3.13. The standard InChI is InChI=1S/C11H14N8S/c12-10-13-7(14-16-10)9-18-19-8(15-17-11(19)20-9)6-4-2-1-3-5-6/h6H,1-5H2,(H3,12,13,14,16). The third kappa shape index (κ3) is 1.85. The summed E-state index contributed by atoms with van der Waals surface area (Å²) < 4.78 is 1.84. The van der Waals surface area contributed by atoms with Crippen molar-refractivity contribution in [1.82, 2.24) is 35.0 Å². The molecule has 1 aliphatic carbocycles. The van der Waals surface area contributed by atoms with E-state index in [-0.39, 0.29) is 5.95 Å². The van der Waals surface area contributed by atoms with Crippen molar-refractivity contribution < 1.29 is 0 Å². The van der Waals surface area contributed by atoms with E-state index in [0.29, 0.717) is 11.7 Å². The van der Waals surface area contributed by atoms with Gasteiger partial charge >= 0.3 is 0 Å². The molecule has 1 saturated carbocycles. The molecule has 0 aromatic carbocycles. The van der Waals surface area contributed by atoms with Gasteiger partial charge in [-0.3, -0.25) is 5.10 Å². The van der Waals surface area contributed by atoms with Gasteiger partial charge in [0.25, 0.3) is 0 Å². The summed E-state index contributed by atoms with van der Waals surface area (Å²) in [6.07, 6.45) is 6.17.